The number of likely N-dealkylation sites (tertiary alicyclic amines) is 1. The number of anilines is 1. The first-order valence-electron chi connectivity index (χ1n) is 29.4. The van der Waals surface area contributed by atoms with E-state index in [0.717, 1.165) is 134 Å². The minimum Gasteiger partial charge on any atom is -0.465 e. The van der Waals surface area contributed by atoms with E-state index in [4.69, 9.17) is 33.2 Å². The molecule has 1 fully saturated rings. The molecular weight excluding hydrogens is 975 g/mol. The largest absolute Gasteiger partial charge is 0.465 e. The van der Waals surface area contributed by atoms with Crippen molar-refractivity contribution in [3.8, 4) is 0 Å². The van der Waals surface area contributed by atoms with Crippen LogP contribution in [0.15, 0.2) is 24.5 Å². The molecule has 1 aliphatic heterocycles. The average molecular weight is 1070 g/mol. The Bertz CT molecular complexity index is 1580. The quantitative estimate of drug-likeness (QED) is 0.0338. The van der Waals surface area contributed by atoms with Gasteiger partial charge in [0, 0.05) is 62.6 Å². The number of amides is 1. The number of unbranched alkanes of at least 4 members (excludes halogenated alkanes) is 20. The van der Waals surface area contributed by atoms with E-state index >= 15 is 0 Å². The van der Waals surface area contributed by atoms with Crippen LogP contribution >= 0.6 is 0 Å². The maximum absolute atomic E-state index is 13.9. The number of pyridine rings is 1. The van der Waals surface area contributed by atoms with E-state index < -0.39 is 66.0 Å². The molecule has 0 spiro atoms. The Morgan fingerprint density at radius 3 is 1.12 bits per heavy atom. The van der Waals surface area contributed by atoms with Gasteiger partial charge >= 0.3 is 41.9 Å². The van der Waals surface area contributed by atoms with Gasteiger partial charge in [-0.15, -0.1) is 0 Å². The third-order valence-electron chi connectivity index (χ3n) is 13.6. The lowest BCUT2D eigenvalue weighted by Crippen LogP contribution is -2.36. The second-order valence-electron chi connectivity index (χ2n) is 20.6. The van der Waals surface area contributed by atoms with Crippen LogP contribution in [0.4, 0.5) is 10.5 Å². The molecule has 1 saturated heterocycles. The molecule has 1 amide bonds. The molecule has 2 heterocycles. The summed E-state index contributed by atoms with van der Waals surface area (Å²) in [4.78, 5) is 99.7. The van der Waals surface area contributed by atoms with Gasteiger partial charge in [0.2, 0.25) is 0 Å². The molecule has 17 heteroatoms. The van der Waals surface area contributed by atoms with E-state index in [2.05, 4.69) is 32.7 Å². The summed E-state index contributed by atoms with van der Waals surface area (Å²) < 4.78 is 40.0. The normalized spacial score (nSPS) is 14.1. The number of hydrogen-bond donors (Lipinski definition) is 0. The zero-order chi connectivity index (χ0) is 55.4. The predicted octanol–water partition coefficient (Wildman–Crippen LogP) is 12.0. The van der Waals surface area contributed by atoms with Gasteiger partial charge in [0.1, 0.15) is 6.61 Å². The Balaban J connectivity index is 2.22. The predicted molar refractivity (Wildman–Crippen MR) is 292 cm³/mol. The molecule has 0 radical (unpaired) electrons. The summed E-state index contributed by atoms with van der Waals surface area (Å²) in [5, 5.41) is 0. The lowest BCUT2D eigenvalue weighted by Gasteiger charge is -2.22. The third-order valence-corrected chi connectivity index (χ3v) is 13.6. The molecule has 2 rings (SSSR count). The van der Waals surface area contributed by atoms with E-state index in [1.165, 1.54) is 4.90 Å². The molecule has 1 aromatic heterocycles. The molecule has 0 aliphatic carbocycles. The van der Waals surface area contributed by atoms with Crippen LogP contribution in [0.25, 0.3) is 0 Å². The fourth-order valence-corrected chi connectivity index (χ4v) is 8.78. The van der Waals surface area contributed by atoms with Crippen molar-refractivity contribution in [3.05, 3.63) is 24.5 Å². The summed E-state index contributed by atoms with van der Waals surface area (Å²) >= 11 is 0. The highest BCUT2D eigenvalue weighted by atomic mass is 16.6. The van der Waals surface area contributed by atoms with Crippen LogP contribution in [0.1, 0.15) is 220 Å². The molecule has 1 aromatic rings. The molecule has 0 saturated carbocycles. The first kappa shape index (κ1) is 67.2. The molecule has 76 heavy (non-hydrogen) atoms. The van der Waals surface area contributed by atoms with E-state index in [-0.39, 0.29) is 84.6 Å². The van der Waals surface area contributed by atoms with Crippen molar-refractivity contribution >= 4 is 47.6 Å². The topological polar surface area (TPSA) is 203 Å². The van der Waals surface area contributed by atoms with Crippen LogP contribution in [0.5, 0.6) is 0 Å². The Morgan fingerprint density at radius 1 is 0.474 bits per heavy atom. The van der Waals surface area contributed by atoms with Crippen molar-refractivity contribution in [2.45, 2.75) is 233 Å². The number of hydrogen-bond acceptors (Lipinski definition) is 16. The molecule has 0 bridgehead atoms. The third kappa shape index (κ3) is 33.9. The smallest absolute Gasteiger partial charge is 0.410 e. The minimum atomic E-state index is -1.13. The second-order valence-corrected chi connectivity index (χ2v) is 20.6. The van der Waals surface area contributed by atoms with Gasteiger partial charge in [-0.2, -0.15) is 0 Å². The van der Waals surface area contributed by atoms with Crippen LogP contribution in [-0.2, 0) is 61.9 Å². The van der Waals surface area contributed by atoms with Crippen LogP contribution in [0.2, 0.25) is 0 Å². The summed E-state index contributed by atoms with van der Waals surface area (Å²) in [5.74, 6) is -4.58. The number of carbonyl (C=O) groups is 7. The molecule has 0 unspecified atom stereocenters. The molecule has 17 nitrogen and oxygen atoms in total. The van der Waals surface area contributed by atoms with Crippen LogP contribution < -0.4 is 4.90 Å². The summed E-state index contributed by atoms with van der Waals surface area (Å²) in [7, 11) is 1.85. The second kappa shape index (κ2) is 44.1. The van der Waals surface area contributed by atoms with Crippen molar-refractivity contribution in [1.29, 1.82) is 0 Å². The number of likely N-dealkylation sites (N-methyl/N-ethyl adjacent to an activating group) is 1. The fraction of sp³-hybridized carbons (Fsp3) is 0.797. The van der Waals surface area contributed by atoms with Crippen molar-refractivity contribution in [3.63, 3.8) is 0 Å². The highest BCUT2D eigenvalue weighted by Gasteiger charge is 2.42. The van der Waals surface area contributed by atoms with Crippen molar-refractivity contribution in [1.82, 2.24) is 9.88 Å². The fourth-order valence-electron chi connectivity index (χ4n) is 8.78. The van der Waals surface area contributed by atoms with Gasteiger partial charge < -0.3 is 43.0 Å². The van der Waals surface area contributed by atoms with Crippen molar-refractivity contribution in [2.75, 3.05) is 64.6 Å². The average Bonchev–Trinajstić information content (AvgIpc) is 3.80. The monoisotopic (exact) mass is 1070 g/mol. The van der Waals surface area contributed by atoms with Crippen molar-refractivity contribution in [2.24, 2.45) is 11.8 Å². The minimum absolute atomic E-state index is 0.0245. The summed E-state index contributed by atoms with van der Waals surface area (Å²) in [6.07, 6.45) is 24.7. The number of rotatable bonds is 46. The van der Waals surface area contributed by atoms with Crippen LogP contribution in [0.3, 0.4) is 0 Å². The maximum Gasteiger partial charge on any atom is 0.410 e. The number of ether oxygens (including phenoxy) is 7. The zero-order valence-electron chi connectivity index (χ0n) is 47.5. The van der Waals surface area contributed by atoms with Gasteiger partial charge in [-0.3, -0.25) is 33.8 Å². The molecule has 2 atom stereocenters. The lowest BCUT2D eigenvalue weighted by atomic mass is 10.1. The van der Waals surface area contributed by atoms with E-state index in [0.29, 0.717) is 32.2 Å². The van der Waals surface area contributed by atoms with E-state index in [9.17, 15) is 33.6 Å². The van der Waals surface area contributed by atoms with Gasteiger partial charge in [-0.25, -0.2) is 4.79 Å². The van der Waals surface area contributed by atoms with Gasteiger partial charge in [0.25, 0.3) is 0 Å². The standard InChI is InChI=1S/C59H99N3O14/c1-6-10-14-18-22-26-30-53(63)71-44-48(45-72-54(64)31-27-23-19-15-11-7-2)40-57(67)75-51-42-62(59(69)70-39-38-61(5)50-34-36-60-37-35-50)43-52(51)76-58(68)41-49(46-73-55(65)32-28-24-20-16-12-8-3)47-74-56(66)33-29-25-21-17-13-9-4/h34-37,48-49,51-52H,6-33,38-47H2,1-5H3/t51-,52-/m0/s1. The van der Waals surface area contributed by atoms with Gasteiger partial charge in [0.05, 0.1) is 58.9 Å². The molecule has 0 N–H and O–H groups in total. The maximum atomic E-state index is 13.9. The Morgan fingerprint density at radius 2 is 0.789 bits per heavy atom. The highest BCUT2D eigenvalue weighted by Crippen LogP contribution is 2.23. The molecule has 0 aromatic carbocycles. The Kier molecular flexibility index (Phi) is 38.9. The van der Waals surface area contributed by atoms with Gasteiger partial charge in [0.15, 0.2) is 12.2 Å². The van der Waals surface area contributed by atoms with Gasteiger partial charge in [-0.05, 0) is 37.8 Å². The van der Waals surface area contributed by atoms with Crippen LogP contribution in [-0.4, -0.2) is 124 Å². The molecule has 434 valence electrons. The van der Waals surface area contributed by atoms with E-state index in [1.807, 2.05) is 24.1 Å². The van der Waals surface area contributed by atoms with Gasteiger partial charge in [-0.1, -0.05) is 156 Å². The highest BCUT2D eigenvalue weighted by molar-refractivity contribution is 5.74. The summed E-state index contributed by atoms with van der Waals surface area (Å²) in [6, 6.07) is 3.66. The SMILES string of the molecule is CCCCCCCCC(=O)OCC(COC(=O)CCCCCCCC)CC(=O)O[C@H]1CN(C(=O)OCCN(C)c2ccncc2)C[C@@H]1OC(=O)CC(COC(=O)CCCCCCCC)COC(=O)CCCCCCCC. The number of aromatic nitrogens is 1. The first-order valence-corrected chi connectivity index (χ1v) is 29.4. The van der Waals surface area contributed by atoms with Crippen LogP contribution in [0, 0.1) is 11.8 Å². The zero-order valence-corrected chi connectivity index (χ0v) is 47.5. The molecule has 1 aliphatic rings. The number of esters is 6. The Hall–Kier alpha value is -4.96. The van der Waals surface area contributed by atoms with Crippen molar-refractivity contribution < 1.29 is 66.7 Å². The Labute approximate surface area is 456 Å². The van der Waals surface area contributed by atoms with E-state index in [1.54, 1.807) is 12.4 Å². The first-order chi connectivity index (χ1) is 36.9. The summed E-state index contributed by atoms with van der Waals surface area (Å²) in [5.41, 5.74) is 0.878. The molecular formula is C59H99N3O14. The lowest BCUT2D eigenvalue weighted by molar-refractivity contribution is -0.167. The number of carbonyl (C=O) groups excluding carboxylic acids is 7. The number of nitrogens with zero attached hydrogens (tertiary/aromatic N) is 3. The summed E-state index contributed by atoms with van der Waals surface area (Å²) in [6.45, 7) is 7.92.